The summed E-state index contributed by atoms with van der Waals surface area (Å²) >= 11 is 1.43. The third kappa shape index (κ3) is 3.44. The lowest BCUT2D eigenvalue weighted by atomic mass is 10.1. The molecule has 0 unspecified atom stereocenters. The molecule has 6 heteroatoms. The number of aromatic nitrogens is 1. The standard InChI is InChI=1S/C23H16N2O3S/c1-3-14-25-19-13-12-15-6-4-5-7-18(15)20(19)29-23(25)24-21(26)16-8-10-17(11-9-16)22(27)28-2/h1,4-13H,14H2,2H3. The lowest BCUT2D eigenvalue weighted by molar-refractivity contribution is 0.0600. The molecule has 1 aromatic heterocycles. The fraction of sp³-hybridized carbons (Fsp3) is 0.0870. The second-order valence-corrected chi connectivity index (χ2v) is 7.27. The van der Waals surface area contributed by atoms with Gasteiger partial charge in [0.05, 0.1) is 29.4 Å². The number of carbonyl (C=O) groups excluding carboxylic acids is 2. The average Bonchev–Trinajstić information content (AvgIpc) is 3.11. The van der Waals surface area contributed by atoms with E-state index in [1.807, 2.05) is 41.0 Å². The first kappa shape index (κ1) is 18.7. The minimum Gasteiger partial charge on any atom is -0.465 e. The van der Waals surface area contributed by atoms with E-state index in [2.05, 4.69) is 15.6 Å². The fourth-order valence-electron chi connectivity index (χ4n) is 3.15. The van der Waals surface area contributed by atoms with Crippen LogP contribution in [0.4, 0.5) is 0 Å². The van der Waals surface area contributed by atoms with Crippen LogP contribution in [0.5, 0.6) is 0 Å². The van der Waals surface area contributed by atoms with E-state index in [-0.39, 0.29) is 0 Å². The number of methoxy groups -OCH3 is 1. The Labute approximate surface area is 170 Å². The van der Waals surface area contributed by atoms with Gasteiger partial charge < -0.3 is 9.30 Å². The maximum absolute atomic E-state index is 12.7. The van der Waals surface area contributed by atoms with Crippen LogP contribution in [0.25, 0.3) is 21.0 Å². The van der Waals surface area contributed by atoms with E-state index in [4.69, 9.17) is 6.42 Å². The SMILES string of the molecule is C#CCn1c(=NC(=O)c2ccc(C(=O)OC)cc2)sc2c3ccccc3ccc21. The second kappa shape index (κ2) is 7.74. The lowest BCUT2D eigenvalue weighted by Gasteiger charge is -2.02. The van der Waals surface area contributed by atoms with Crippen LogP contribution in [0.1, 0.15) is 20.7 Å². The van der Waals surface area contributed by atoms with Crippen LogP contribution in [0.15, 0.2) is 65.7 Å². The van der Waals surface area contributed by atoms with E-state index in [1.54, 1.807) is 24.3 Å². The highest BCUT2D eigenvalue weighted by Gasteiger charge is 2.12. The van der Waals surface area contributed by atoms with Gasteiger partial charge in [-0.15, -0.1) is 6.42 Å². The maximum atomic E-state index is 12.7. The highest BCUT2D eigenvalue weighted by atomic mass is 32.1. The first-order valence-electron chi connectivity index (χ1n) is 8.84. The Morgan fingerprint density at radius 1 is 1.07 bits per heavy atom. The van der Waals surface area contributed by atoms with Crippen molar-refractivity contribution < 1.29 is 14.3 Å². The van der Waals surface area contributed by atoms with E-state index in [9.17, 15) is 9.59 Å². The smallest absolute Gasteiger partial charge is 0.337 e. The third-order valence-corrected chi connectivity index (χ3v) is 5.70. The Hall–Kier alpha value is -3.69. The summed E-state index contributed by atoms with van der Waals surface area (Å²) < 4.78 is 7.58. The van der Waals surface area contributed by atoms with Crippen molar-refractivity contribution >= 4 is 44.2 Å². The number of thiazole rings is 1. The first-order valence-corrected chi connectivity index (χ1v) is 9.66. The minimum atomic E-state index is -0.454. The Kier molecular flexibility index (Phi) is 4.98. The number of carbonyl (C=O) groups is 2. The zero-order valence-electron chi connectivity index (χ0n) is 15.6. The van der Waals surface area contributed by atoms with Crippen LogP contribution < -0.4 is 4.80 Å². The summed E-state index contributed by atoms with van der Waals surface area (Å²) in [5.74, 6) is 1.78. The molecule has 0 aliphatic carbocycles. The monoisotopic (exact) mass is 400 g/mol. The molecule has 29 heavy (non-hydrogen) atoms. The molecule has 0 fully saturated rings. The number of benzene rings is 3. The van der Waals surface area contributed by atoms with Crippen molar-refractivity contribution in [1.29, 1.82) is 0 Å². The van der Waals surface area contributed by atoms with E-state index in [1.165, 1.54) is 18.4 Å². The van der Waals surface area contributed by atoms with Crippen LogP contribution in [-0.4, -0.2) is 23.6 Å². The normalized spacial score (nSPS) is 11.5. The Bertz CT molecular complexity index is 1360. The van der Waals surface area contributed by atoms with Gasteiger partial charge in [0.2, 0.25) is 0 Å². The van der Waals surface area contributed by atoms with Crippen molar-refractivity contribution in [3.8, 4) is 12.3 Å². The molecule has 4 aromatic rings. The average molecular weight is 400 g/mol. The molecule has 0 bridgehead atoms. The van der Waals surface area contributed by atoms with E-state index < -0.39 is 11.9 Å². The van der Waals surface area contributed by atoms with Gasteiger partial charge in [-0.05, 0) is 35.7 Å². The van der Waals surface area contributed by atoms with Crippen LogP contribution in [0.2, 0.25) is 0 Å². The summed E-state index contributed by atoms with van der Waals surface area (Å²) in [7, 11) is 1.31. The quantitative estimate of drug-likeness (QED) is 0.386. The van der Waals surface area contributed by atoms with Gasteiger partial charge >= 0.3 is 5.97 Å². The Balaban J connectivity index is 1.83. The highest BCUT2D eigenvalue weighted by Crippen LogP contribution is 2.27. The lowest BCUT2D eigenvalue weighted by Crippen LogP contribution is -2.16. The third-order valence-electron chi connectivity index (χ3n) is 4.57. The molecule has 3 aromatic carbocycles. The van der Waals surface area contributed by atoms with Crippen molar-refractivity contribution in [2.24, 2.45) is 4.99 Å². The van der Waals surface area contributed by atoms with E-state index in [0.29, 0.717) is 22.5 Å². The molecule has 0 saturated heterocycles. The number of hydrogen-bond donors (Lipinski definition) is 0. The van der Waals surface area contributed by atoms with Crippen LogP contribution in [0, 0.1) is 12.3 Å². The zero-order chi connectivity index (χ0) is 20.4. The summed E-state index contributed by atoms with van der Waals surface area (Å²) in [6.45, 7) is 0.311. The largest absolute Gasteiger partial charge is 0.465 e. The molecule has 4 rings (SSSR count). The fourth-order valence-corrected chi connectivity index (χ4v) is 4.31. The molecule has 1 amide bonds. The van der Waals surface area contributed by atoms with Gasteiger partial charge in [-0.1, -0.05) is 47.6 Å². The number of nitrogens with zero attached hydrogens (tertiary/aromatic N) is 2. The van der Waals surface area contributed by atoms with E-state index in [0.717, 1.165) is 21.0 Å². The van der Waals surface area contributed by atoms with E-state index >= 15 is 0 Å². The Morgan fingerprint density at radius 3 is 2.52 bits per heavy atom. The molecule has 1 heterocycles. The number of rotatable bonds is 3. The number of ether oxygens (including phenoxy) is 1. The highest BCUT2D eigenvalue weighted by molar-refractivity contribution is 7.17. The van der Waals surface area contributed by atoms with Gasteiger partial charge in [-0.2, -0.15) is 4.99 Å². The summed E-state index contributed by atoms with van der Waals surface area (Å²) in [5.41, 5.74) is 1.70. The number of terminal acetylenes is 1. The van der Waals surface area contributed by atoms with Gasteiger partial charge in [-0.3, -0.25) is 4.79 Å². The number of esters is 1. The molecule has 0 aliphatic heterocycles. The molecule has 0 spiro atoms. The topological polar surface area (TPSA) is 60.7 Å². The van der Waals surface area contributed by atoms with Crippen molar-refractivity contribution in [2.75, 3.05) is 7.11 Å². The van der Waals surface area contributed by atoms with Gasteiger partial charge in [0.15, 0.2) is 4.80 Å². The molecule has 0 saturated carbocycles. The molecule has 0 N–H and O–H groups in total. The number of hydrogen-bond acceptors (Lipinski definition) is 4. The molecule has 0 atom stereocenters. The molecule has 0 aliphatic rings. The predicted octanol–water partition coefficient (Wildman–Crippen LogP) is 4.02. The van der Waals surface area contributed by atoms with Crippen LogP contribution >= 0.6 is 11.3 Å². The second-order valence-electron chi connectivity index (χ2n) is 6.30. The molecule has 5 nitrogen and oxygen atoms in total. The van der Waals surface area contributed by atoms with Gasteiger partial charge in [0.1, 0.15) is 0 Å². The van der Waals surface area contributed by atoms with Crippen LogP contribution in [0.3, 0.4) is 0 Å². The maximum Gasteiger partial charge on any atom is 0.337 e. The number of amides is 1. The molecule has 0 radical (unpaired) electrons. The molecular weight excluding hydrogens is 384 g/mol. The predicted molar refractivity (Wildman–Crippen MR) is 114 cm³/mol. The Morgan fingerprint density at radius 2 is 1.79 bits per heavy atom. The molecule has 142 valence electrons. The van der Waals surface area contributed by atoms with Crippen molar-refractivity contribution in [3.05, 3.63) is 76.6 Å². The summed E-state index contributed by atoms with van der Waals surface area (Å²) in [5, 5.41) is 2.21. The molecular formula is C23H16N2O3S. The summed E-state index contributed by atoms with van der Waals surface area (Å²) in [6.07, 6.45) is 5.56. The number of fused-ring (bicyclic) bond motifs is 3. The van der Waals surface area contributed by atoms with Crippen molar-refractivity contribution in [3.63, 3.8) is 0 Å². The van der Waals surface area contributed by atoms with Gasteiger partial charge in [-0.25, -0.2) is 4.79 Å². The summed E-state index contributed by atoms with van der Waals surface area (Å²) in [4.78, 5) is 29.1. The van der Waals surface area contributed by atoms with Gasteiger partial charge in [0, 0.05) is 10.9 Å². The van der Waals surface area contributed by atoms with Crippen LogP contribution in [-0.2, 0) is 11.3 Å². The summed E-state index contributed by atoms with van der Waals surface area (Å²) in [6, 6.07) is 18.3. The van der Waals surface area contributed by atoms with Crippen molar-refractivity contribution in [2.45, 2.75) is 6.54 Å². The first-order chi connectivity index (χ1) is 14.1. The zero-order valence-corrected chi connectivity index (χ0v) is 16.4. The van der Waals surface area contributed by atoms with Gasteiger partial charge in [0.25, 0.3) is 5.91 Å². The van der Waals surface area contributed by atoms with Crippen molar-refractivity contribution in [1.82, 2.24) is 4.57 Å². The minimum absolute atomic E-state index is 0.311.